The normalized spacial score (nSPS) is 11.6. The second-order valence-electron chi connectivity index (χ2n) is 6.28. The van der Waals surface area contributed by atoms with E-state index in [-0.39, 0.29) is 87.0 Å². The van der Waals surface area contributed by atoms with Crippen LogP contribution < -0.4 is 0 Å². The van der Waals surface area contributed by atoms with Crippen LogP contribution in [0.2, 0.25) is 70.3 Å². The fourth-order valence-electron chi connectivity index (χ4n) is 3.03. The minimum atomic E-state index is -1.18. The highest BCUT2D eigenvalue weighted by atomic mass is 35.5. The lowest BCUT2D eigenvalue weighted by Gasteiger charge is -2.28. The van der Waals surface area contributed by atoms with Gasteiger partial charge in [-0.15, -0.1) is 0 Å². The van der Waals surface area contributed by atoms with Crippen LogP contribution in [-0.4, -0.2) is 0 Å². The fourth-order valence-corrected chi connectivity index (χ4v) is 6.81. The maximum atomic E-state index is 6.58. The molecule has 0 atom stereocenters. The van der Waals surface area contributed by atoms with Crippen molar-refractivity contribution in [2.75, 3.05) is 0 Å². The van der Waals surface area contributed by atoms with Crippen LogP contribution in [0.15, 0.2) is 6.07 Å². The number of benzene rings is 3. The number of hydrogen-bond donors (Lipinski definition) is 0. The van der Waals surface area contributed by atoms with Crippen molar-refractivity contribution in [3.8, 4) is 0 Å². The summed E-state index contributed by atoms with van der Waals surface area (Å²) in [4.78, 5) is 0. The third-order valence-electron chi connectivity index (χ3n) is 4.50. The zero-order valence-corrected chi connectivity index (χ0v) is 25.5. The molecule has 0 fully saturated rings. The molecule has 0 aliphatic rings. The van der Waals surface area contributed by atoms with Crippen molar-refractivity contribution in [1.29, 1.82) is 0 Å². The molecule has 0 saturated carbocycles. The van der Waals surface area contributed by atoms with Crippen molar-refractivity contribution in [2.24, 2.45) is 0 Å². The molecule has 0 radical (unpaired) electrons. The van der Waals surface area contributed by atoms with Gasteiger partial charge in [-0.25, -0.2) is 0 Å². The first-order valence-electron chi connectivity index (χ1n) is 8.09. The van der Waals surface area contributed by atoms with Gasteiger partial charge in [-0.3, -0.25) is 0 Å². The van der Waals surface area contributed by atoms with E-state index in [9.17, 15) is 0 Å². The molecule has 3 rings (SSSR count). The molecule has 0 N–H and O–H groups in total. The quantitative estimate of drug-likeness (QED) is 0.143. The van der Waals surface area contributed by atoms with Crippen LogP contribution in [0.4, 0.5) is 0 Å². The zero-order valence-electron chi connectivity index (χ0n) is 14.9. The highest BCUT2D eigenvalue weighted by Gasteiger charge is 2.36. The Labute approximate surface area is 258 Å². The Hall–Kier alpha value is 1.72. The topological polar surface area (TPSA) is 0 Å². The van der Waals surface area contributed by atoms with Gasteiger partial charge in [0.05, 0.1) is 70.3 Å². The van der Waals surface area contributed by atoms with Gasteiger partial charge >= 0.3 is 0 Å². The highest BCUT2D eigenvalue weighted by Crippen LogP contribution is 2.57. The number of hydrogen-bond acceptors (Lipinski definition) is 0. The van der Waals surface area contributed by atoms with Crippen molar-refractivity contribution in [1.82, 2.24) is 0 Å². The summed E-state index contributed by atoms with van der Waals surface area (Å²) in [5, 5.41) is -0.890. The van der Waals surface area contributed by atoms with E-state index < -0.39 is 5.92 Å². The first-order chi connectivity index (χ1) is 15.2. The molecule has 0 aromatic heterocycles. The summed E-state index contributed by atoms with van der Waals surface area (Å²) in [5.74, 6) is -1.18. The molecule has 33 heavy (non-hydrogen) atoms. The Balaban J connectivity index is 2.66. The first kappa shape index (κ1) is 29.3. The van der Waals surface area contributed by atoms with Gasteiger partial charge < -0.3 is 0 Å². The second-order valence-corrected chi connectivity index (χ2v) is 11.6. The van der Waals surface area contributed by atoms with Gasteiger partial charge in [-0.05, 0) is 6.07 Å². The molecule has 0 aliphatic carbocycles. The lowest BCUT2D eigenvalue weighted by molar-refractivity contribution is 0.979. The molecule has 0 heterocycles. The van der Waals surface area contributed by atoms with Crippen LogP contribution in [0.1, 0.15) is 22.6 Å². The van der Waals surface area contributed by atoms with Crippen molar-refractivity contribution in [2.45, 2.75) is 5.92 Å². The van der Waals surface area contributed by atoms with Crippen LogP contribution in [0, 0.1) is 0 Å². The zero-order chi connectivity index (χ0) is 25.1. The van der Waals surface area contributed by atoms with E-state index in [1.807, 2.05) is 0 Å². The predicted molar refractivity (Wildman–Crippen MR) is 150 cm³/mol. The SMILES string of the molecule is Clc1cc(Cl)c(Cl)c(C(c2c(Cl)c(Cl)c(Cl)c(Cl)c2Cl)c2c(Cl)c(Cl)c(Cl)c(Cl)c2Cl)c1Cl. The second kappa shape index (κ2) is 11.2. The monoisotopic (exact) mass is 720 g/mol. The van der Waals surface area contributed by atoms with E-state index in [0.29, 0.717) is 0 Å². The smallest absolute Gasteiger partial charge is 0.0809 e. The Morgan fingerprint density at radius 3 is 0.788 bits per heavy atom. The van der Waals surface area contributed by atoms with Crippen LogP contribution >= 0.6 is 162 Å². The summed E-state index contributed by atoms with van der Waals surface area (Å²) in [6.45, 7) is 0. The standard InChI is InChI=1S/C19H2Cl14/c20-2-1-3(21)9(23)5(8(2)22)4(6-10(24)14(28)18(32)15(29)11(6)25)7-12(26)16(30)19(33)17(31)13(7)27/h1,4H. The van der Waals surface area contributed by atoms with E-state index >= 15 is 0 Å². The van der Waals surface area contributed by atoms with Crippen molar-refractivity contribution in [3.05, 3.63) is 93.1 Å². The van der Waals surface area contributed by atoms with Crippen LogP contribution in [0.3, 0.4) is 0 Å². The highest BCUT2D eigenvalue weighted by molar-refractivity contribution is 6.57. The molecule has 0 spiro atoms. The van der Waals surface area contributed by atoms with Gasteiger partial charge in [0.25, 0.3) is 0 Å². The van der Waals surface area contributed by atoms with Gasteiger partial charge in [-0.2, -0.15) is 0 Å². The number of rotatable bonds is 3. The molecule has 0 amide bonds. The molecule has 14 heteroatoms. The summed E-state index contributed by atoms with van der Waals surface area (Å²) in [6.07, 6.45) is 0. The average Bonchev–Trinajstić information content (AvgIpc) is 2.77. The Morgan fingerprint density at radius 2 is 0.515 bits per heavy atom. The predicted octanol–water partition coefficient (Wildman–Crippen LogP) is 14.0. The van der Waals surface area contributed by atoms with E-state index in [4.69, 9.17) is 162 Å². The van der Waals surface area contributed by atoms with Crippen molar-refractivity contribution < 1.29 is 0 Å². The largest absolute Gasteiger partial charge is 0.0826 e. The minimum Gasteiger partial charge on any atom is -0.0826 e. The summed E-state index contributed by atoms with van der Waals surface area (Å²) < 4.78 is 0. The maximum absolute atomic E-state index is 6.58. The van der Waals surface area contributed by atoms with Gasteiger partial charge in [-0.1, -0.05) is 162 Å². The Kier molecular flexibility index (Phi) is 9.96. The molecule has 0 aliphatic heterocycles. The van der Waals surface area contributed by atoms with E-state index in [1.54, 1.807) is 0 Å². The molecule has 0 saturated heterocycles. The van der Waals surface area contributed by atoms with Gasteiger partial charge in [0.1, 0.15) is 0 Å². The summed E-state index contributed by atoms with van der Waals surface area (Å²) >= 11 is 89.7. The van der Waals surface area contributed by atoms with Crippen LogP contribution in [-0.2, 0) is 0 Å². The van der Waals surface area contributed by atoms with Crippen LogP contribution in [0.5, 0.6) is 0 Å². The van der Waals surface area contributed by atoms with E-state index in [2.05, 4.69) is 0 Å². The average molecular weight is 727 g/mol. The molecule has 0 bridgehead atoms. The molecular weight excluding hydrogens is 725 g/mol. The first-order valence-corrected chi connectivity index (χ1v) is 13.4. The van der Waals surface area contributed by atoms with Crippen molar-refractivity contribution in [3.63, 3.8) is 0 Å². The third-order valence-corrected chi connectivity index (χ3v) is 10.7. The van der Waals surface area contributed by atoms with Crippen LogP contribution in [0.25, 0.3) is 0 Å². The lowest BCUT2D eigenvalue weighted by atomic mass is 9.84. The van der Waals surface area contributed by atoms with Crippen molar-refractivity contribution >= 4 is 162 Å². The molecule has 0 nitrogen and oxygen atoms in total. The molecule has 3 aromatic carbocycles. The maximum Gasteiger partial charge on any atom is 0.0809 e. The van der Waals surface area contributed by atoms with E-state index in [1.165, 1.54) is 6.07 Å². The van der Waals surface area contributed by atoms with Gasteiger partial charge in [0.15, 0.2) is 0 Å². The molecule has 0 unspecified atom stereocenters. The fraction of sp³-hybridized carbons (Fsp3) is 0.0526. The van der Waals surface area contributed by atoms with Gasteiger partial charge in [0.2, 0.25) is 0 Å². The lowest BCUT2D eigenvalue weighted by Crippen LogP contribution is -2.10. The molecular formula is C19H2Cl14. The molecule has 3 aromatic rings. The number of halogens is 14. The summed E-state index contributed by atoms with van der Waals surface area (Å²) in [7, 11) is 0. The Morgan fingerprint density at radius 1 is 0.303 bits per heavy atom. The Bertz CT molecular complexity index is 1160. The van der Waals surface area contributed by atoms with E-state index in [0.717, 1.165) is 0 Å². The third kappa shape index (κ3) is 5.08. The summed E-state index contributed by atoms with van der Waals surface area (Å²) in [6, 6.07) is 1.35. The van der Waals surface area contributed by atoms with Gasteiger partial charge in [0, 0.05) is 22.6 Å². The summed E-state index contributed by atoms with van der Waals surface area (Å²) in [5.41, 5.74) is 0.281. The minimum absolute atomic E-state index is 0.0141. The molecule has 176 valence electrons.